The molecule has 3 rings (SSSR count). The second-order valence-electron chi connectivity index (χ2n) is 7.57. The maximum absolute atomic E-state index is 5.92. The molecule has 7 heteroatoms. The molecule has 7 nitrogen and oxygen atoms in total. The Morgan fingerprint density at radius 3 is 2.39 bits per heavy atom. The molecule has 0 aliphatic carbocycles. The Balaban J connectivity index is 1.74. The first-order chi connectivity index (χ1) is 16.1. The lowest BCUT2D eigenvalue weighted by molar-refractivity contribution is 0.266. The minimum absolute atomic E-state index is 0.425. The molecule has 0 amide bonds. The zero-order valence-electron chi connectivity index (χ0n) is 19.0. The van der Waals surface area contributed by atoms with Crippen molar-refractivity contribution in [2.75, 3.05) is 25.7 Å². The van der Waals surface area contributed by atoms with Crippen LogP contribution in [0.15, 0.2) is 79.4 Å². The van der Waals surface area contributed by atoms with E-state index in [2.05, 4.69) is 29.1 Å². The van der Waals surface area contributed by atoms with Crippen LogP contribution in [0.3, 0.4) is 0 Å². The van der Waals surface area contributed by atoms with Gasteiger partial charge in [0.25, 0.3) is 0 Å². The summed E-state index contributed by atoms with van der Waals surface area (Å²) in [6.07, 6.45) is 0.848. The molecule has 0 radical (unpaired) electrons. The van der Waals surface area contributed by atoms with Crippen LogP contribution in [-0.4, -0.2) is 25.1 Å². The van der Waals surface area contributed by atoms with Crippen LogP contribution in [0.1, 0.15) is 23.1 Å². The molecule has 0 heterocycles. The summed E-state index contributed by atoms with van der Waals surface area (Å²) in [4.78, 5) is 12.3. The smallest absolute Gasteiger partial charge is 0.189 e. The molecule has 0 aliphatic heterocycles. The average Bonchev–Trinajstić information content (AvgIpc) is 2.86. The number of ether oxygens (including phenoxy) is 1. The highest BCUT2D eigenvalue weighted by atomic mass is 16.6. The van der Waals surface area contributed by atoms with Gasteiger partial charge in [-0.2, -0.15) is 5.90 Å². The Hall–Kier alpha value is -3.52. The highest BCUT2D eigenvalue weighted by Crippen LogP contribution is 2.32. The molecule has 0 unspecified atom stereocenters. The highest BCUT2D eigenvalue weighted by Gasteiger charge is 2.14. The van der Waals surface area contributed by atoms with Crippen LogP contribution < -0.4 is 26.7 Å². The third kappa shape index (κ3) is 6.98. The summed E-state index contributed by atoms with van der Waals surface area (Å²) >= 11 is 0. The summed E-state index contributed by atoms with van der Waals surface area (Å²) in [6.45, 7) is 6.83. The number of hydrogen-bond donors (Lipinski definition) is 3. The molecule has 174 valence electrons. The van der Waals surface area contributed by atoms with Crippen LogP contribution in [0.4, 0.5) is 5.69 Å². The number of rotatable bonds is 13. The second-order valence-corrected chi connectivity index (χ2v) is 7.57. The van der Waals surface area contributed by atoms with Gasteiger partial charge in [-0.05, 0) is 54.4 Å². The third-order valence-electron chi connectivity index (χ3n) is 5.20. The van der Waals surface area contributed by atoms with Crippen molar-refractivity contribution in [3.8, 4) is 11.5 Å². The van der Waals surface area contributed by atoms with Gasteiger partial charge in [-0.1, -0.05) is 49.0 Å². The SMILES string of the molecule is C=C(c1ccc(OCc2ccccc2)c(ON)c1)N(CCCN)Cc1ccc(NOC)cc1. The maximum atomic E-state index is 5.92. The number of nitrogens with zero attached hydrogens (tertiary/aromatic N) is 1. The van der Waals surface area contributed by atoms with Crippen LogP contribution >= 0.6 is 0 Å². The van der Waals surface area contributed by atoms with E-state index >= 15 is 0 Å². The van der Waals surface area contributed by atoms with Crippen molar-refractivity contribution in [1.29, 1.82) is 0 Å². The largest absolute Gasteiger partial charge is 0.485 e. The zero-order valence-corrected chi connectivity index (χ0v) is 19.0. The number of nitrogens with one attached hydrogen (secondary N) is 1. The standard InChI is InChI=1S/C26H32N4O3/c1-20(30(16-6-15-27)18-21-9-12-24(13-10-21)29-31-2)23-11-14-25(26(17-23)33-28)32-19-22-7-4-3-5-8-22/h3-5,7-14,17,29H,1,6,15-16,18-19,27-28H2,2H3. The normalized spacial score (nSPS) is 10.5. The molecule has 3 aromatic carbocycles. The van der Waals surface area contributed by atoms with Crippen LogP contribution in [-0.2, 0) is 18.0 Å². The van der Waals surface area contributed by atoms with Crippen molar-refractivity contribution in [2.24, 2.45) is 11.6 Å². The summed E-state index contributed by atoms with van der Waals surface area (Å²) in [5.41, 5.74) is 13.5. The fourth-order valence-electron chi connectivity index (χ4n) is 3.42. The summed E-state index contributed by atoms with van der Waals surface area (Å²) in [7, 11) is 1.59. The van der Waals surface area contributed by atoms with E-state index in [0.717, 1.165) is 41.0 Å². The Bertz CT molecular complexity index is 1010. The molecule has 0 saturated heterocycles. The van der Waals surface area contributed by atoms with Crippen molar-refractivity contribution in [3.63, 3.8) is 0 Å². The minimum Gasteiger partial charge on any atom is -0.485 e. The van der Waals surface area contributed by atoms with Crippen LogP contribution in [0, 0.1) is 0 Å². The van der Waals surface area contributed by atoms with E-state index in [4.69, 9.17) is 26.0 Å². The van der Waals surface area contributed by atoms with E-state index in [-0.39, 0.29) is 0 Å². The zero-order chi connectivity index (χ0) is 23.5. The first kappa shape index (κ1) is 24.1. The molecule has 0 bridgehead atoms. The Labute approximate surface area is 195 Å². The topological polar surface area (TPSA) is 95.0 Å². The average molecular weight is 449 g/mol. The molecule has 0 saturated carbocycles. The van der Waals surface area contributed by atoms with E-state index < -0.39 is 0 Å². The van der Waals surface area contributed by atoms with Gasteiger partial charge < -0.3 is 20.2 Å². The van der Waals surface area contributed by atoms with E-state index in [1.54, 1.807) is 7.11 Å². The Kier molecular flexibility index (Phi) is 9.14. The maximum Gasteiger partial charge on any atom is 0.189 e. The second kappa shape index (κ2) is 12.5. The number of anilines is 1. The summed E-state index contributed by atoms with van der Waals surface area (Å²) in [5, 5.41) is 0. The number of hydrogen-bond acceptors (Lipinski definition) is 7. The van der Waals surface area contributed by atoms with E-state index in [0.29, 0.717) is 31.2 Å². The van der Waals surface area contributed by atoms with Gasteiger partial charge in [-0.25, -0.2) is 0 Å². The fourth-order valence-corrected chi connectivity index (χ4v) is 3.42. The Morgan fingerprint density at radius 2 is 1.73 bits per heavy atom. The van der Waals surface area contributed by atoms with Gasteiger partial charge in [0, 0.05) is 24.4 Å². The molecular weight excluding hydrogens is 416 g/mol. The molecular formula is C26H32N4O3. The summed E-state index contributed by atoms with van der Waals surface area (Å²) in [5.74, 6) is 6.58. The van der Waals surface area contributed by atoms with Gasteiger partial charge in [0.05, 0.1) is 12.8 Å². The predicted molar refractivity (Wildman–Crippen MR) is 132 cm³/mol. The highest BCUT2D eigenvalue weighted by molar-refractivity contribution is 5.65. The molecule has 0 aliphatic rings. The van der Waals surface area contributed by atoms with E-state index in [9.17, 15) is 0 Å². The molecule has 33 heavy (non-hydrogen) atoms. The lowest BCUT2D eigenvalue weighted by atomic mass is 10.1. The fraction of sp³-hybridized carbons (Fsp3) is 0.231. The molecule has 0 fully saturated rings. The minimum atomic E-state index is 0.425. The first-order valence-corrected chi connectivity index (χ1v) is 10.8. The first-order valence-electron chi connectivity index (χ1n) is 10.8. The molecule has 0 spiro atoms. The van der Waals surface area contributed by atoms with Crippen molar-refractivity contribution in [2.45, 2.75) is 19.6 Å². The van der Waals surface area contributed by atoms with Crippen molar-refractivity contribution in [1.82, 2.24) is 4.90 Å². The van der Waals surface area contributed by atoms with Gasteiger partial charge in [0.15, 0.2) is 11.5 Å². The van der Waals surface area contributed by atoms with Gasteiger partial charge in [0.1, 0.15) is 6.61 Å². The summed E-state index contributed by atoms with van der Waals surface area (Å²) in [6, 6.07) is 23.7. The molecule has 0 aromatic heterocycles. The lowest BCUT2D eigenvalue weighted by Crippen LogP contribution is -2.24. The van der Waals surface area contributed by atoms with Crippen molar-refractivity contribution in [3.05, 3.63) is 96.1 Å². The van der Waals surface area contributed by atoms with Crippen molar-refractivity contribution < 1.29 is 14.4 Å². The molecule has 0 atom stereocenters. The van der Waals surface area contributed by atoms with E-state index in [1.165, 1.54) is 0 Å². The van der Waals surface area contributed by atoms with Crippen LogP contribution in [0.25, 0.3) is 5.70 Å². The van der Waals surface area contributed by atoms with Crippen molar-refractivity contribution >= 4 is 11.4 Å². The quantitative estimate of drug-likeness (QED) is 0.335. The number of nitrogens with two attached hydrogens (primary N) is 2. The Morgan fingerprint density at radius 1 is 0.970 bits per heavy atom. The van der Waals surface area contributed by atoms with Crippen LogP contribution in [0.2, 0.25) is 0 Å². The number of benzene rings is 3. The molecule has 3 aromatic rings. The van der Waals surface area contributed by atoms with Gasteiger partial charge >= 0.3 is 0 Å². The predicted octanol–water partition coefficient (Wildman–Crippen LogP) is 4.31. The monoisotopic (exact) mass is 448 g/mol. The third-order valence-corrected chi connectivity index (χ3v) is 5.20. The van der Waals surface area contributed by atoms with Crippen LogP contribution in [0.5, 0.6) is 11.5 Å². The lowest BCUT2D eigenvalue weighted by Gasteiger charge is -2.27. The van der Waals surface area contributed by atoms with Gasteiger partial charge in [0.2, 0.25) is 0 Å². The van der Waals surface area contributed by atoms with Gasteiger partial charge in [-0.3, -0.25) is 10.3 Å². The molecule has 5 N–H and O–H groups in total. The summed E-state index contributed by atoms with van der Waals surface area (Å²) < 4.78 is 5.92. The van der Waals surface area contributed by atoms with E-state index in [1.807, 2.05) is 60.7 Å². The van der Waals surface area contributed by atoms with Gasteiger partial charge in [-0.15, -0.1) is 0 Å².